The lowest BCUT2D eigenvalue weighted by Crippen LogP contribution is -2.26. The summed E-state index contributed by atoms with van der Waals surface area (Å²) >= 11 is 0. The van der Waals surface area contributed by atoms with E-state index >= 15 is 0 Å². The van der Waals surface area contributed by atoms with E-state index in [0.717, 1.165) is 32.6 Å². The van der Waals surface area contributed by atoms with Gasteiger partial charge in [0.1, 0.15) is 0 Å². The summed E-state index contributed by atoms with van der Waals surface area (Å²) in [6.07, 6.45) is 11.8. The van der Waals surface area contributed by atoms with Crippen molar-refractivity contribution in [3.63, 3.8) is 0 Å². The monoisotopic (exact) mass is 258 g/mol. The second-order valence-corrected chi connectivity index (χ2v) is 4.79. The Labute approximate surface area is 115 Å². The molecule has 0 unspecified atom stereocenters. The lowest BCUT2D eigenvalue weighted by atomic mass is 10.2. The number of hydrogen-bond donors (Lipinski definition) is 0. The van der Waals surface area contributed by atoms with Crippen LogP contribution in [0.15, 0.2) is 43.2 Å². The Hall–Kier alpha value is -1.68. The number of nitrogens with zero attached hydrogens (tertiary/aromatic N) is 4. The molecule has 102 valence electrons. The second-order valence-electron chi connectivity index (χ2n) is 4.79. The molecule has 4 heteroatoms. The Balaban J connectivity index is 1.79. The van der Waals surface area contributed by atoms with Crippen LogP contribution in [0.3, 0.4) is 0 Å². The highest BCUT2D eigenvalue weighted by Crippen LogP contribution is 2.05. The van der Waals surface area contributed by atoms with Crippen LogP contribution in [0, 0.1) is 0 Å². The first-order valence-corrected chi connectivity index (χ1v) is 6.95. The second kappa shape index (κ2) is 7.69. The topological polar surface area (TPSA) is 34.0 Å². The molecule has 2 heterocycles. The van der Waals surface area contributed by atoms with Crippen molar-refractivity contribution in [2.45, 2.75) is 32.9 Å². The van der Waals surface area contributed by atoms with E-state index in [9.17, 15) is 0 Å². The SMILES string of the molecule is CCCN(CCCn1ccnc1)Cc1ccncc1. The first kappa shape index (κ1) is 13.7. The summed E-state index contributed by atoms with van der Waals surface area (Å²) in [5, 5.41) is 0. The highest BCUT2D eigenvalue weighted by atomic mass is 15.1. The zero-order valence-corrected chi connectivity index (χ0v) is 11.6. The quantitative estimate of drug-likeness (QED) is 0.730. The smallest absolute Gasteiger partial charge is 0.0945 e. The van der Waals surface area contributed by atoms with Crippen LogP contribution in [-0.4, -0.2) is 32.5 Å². The van der Waals surface area contributed by atoms with Gasteiger partial charge in [-0.1, -0.05) is 6.92 Å². The zero-order valence-electron chi connectivity index (χ0n) is 11.6. The van der Waals surface area contributed by atoms with Crippen molar-refractivity contribution >= 4 is 0 Å². The fourth-order valence-corrected chi connectivity index (χ4v) is 2.23. The first-order valence-electron chi connectivity index (χ1n) is 6.95. The summed E-state index contributed by atoms with van der Waals surface area (Å²) in [6.45, 7) is 6.55. The molecule has 0 atom stereocenters. The zero-order chi connectivity index (χ0) is 13.3. The molecule has 0 saturated heterocycles. The number of rotatable bonds is 8. The molecule has 0 saturated carbocycles. The third-order valence-electron chi connectivity index (χ3n) is 3.15. The van der Waals surface area contributed by atoms with Crippen molar-refractivity contribution in [2.24, 2.45) is 0 Å². The fourth-order valence-electron chi connectivity index (χ4n) is 2.23. The van der Waals surface area contributed by atoms with Gasteiger partial charge in [0, 0.05) is 44.4 Å². The van der Waals surface area contributed by atoms with Gasteiger partial charge in [0.2, 0.25) is 0 Å². The van der Waals surface area contributed by atoms with Gasteiger partial charge in [-0.25, -0.2) is 4.98 Å². The van der Waals surface area contributed by atoms with Gasteiger partial charge in [0.05, 0.1) is 6.33 Å². The molecule has 0 fully saturated rings. The van der Waals surface area contributed by atoms with E-state index in [1.807, 2.05) is 31.1 Å². The van der Waals surface area contributed by atoms with Gasteiger partial charge in [-0.15, -0.1) is 0 Å². The lowest BCUT2D eigenvalue weighted by molar-refractivity contribution is 0.257. The van der Waals surface area contributed by atoms with Crippen molar-refractivity contribution in [1.29, 1.82) is 0 Å². The van der Waals surface area contributed by atoms with Crippen LogP contribution >= 0.6 is 0 Å². The molecule has 0 aliphatic carbocycles. The number of hydrogen-bond acceptors (Lipinski definition) is 3. The minimum atomic E-state index is 1.01. The molecule has 2 aromatic heterocycles. The molecular formula is C15H22N4. The van der Waals surface area contributed by atoms with Gasteiger partial charge < -0.3 is 4.57 Å². The minimum Gasteiger partial charge on any atom is -0.337 e. The summed E-state index contributed by atoms with van der Waals surface area (Å²) in [5.74, 6) is 0. The largest absolute Gasteiger partial charge is 0.337 e. The highest BCUT2D eigenvalue weighted by molar-refractivity contribution is 5.09. The molecule has 0 aromatic carbocycles. The minimum absolute atomic E-state index is 1.01. The van der Waals surface area contributed by atoms with E-state index in [1.165, 1.54) is 12.0 Å². The number of pyridine rings is 1. The van der Waals surface area contributed by atoms with Gasteiger partial charge in [-0.05, 0) is 37.1 Å². The Bertz CT molecular complexity index is 438. The van der Waals surface area contributed by atoms with E-state index in [-0.39, 0.29) is 0 Å². The van der Waals surface area contributed by atoms with E-state index in [4.69, 9.17) is 0 Å². The molecule has 0 radical (unpaired) electrons. The van der Waals surface area contributed by atoms with Gasteiger partial charge in [-0.3, -0.25) is 9.88 Å². The molecule has 2 aromatic rings. The maximum absolute atomic E-state index is 4.07. The maximum Gasteiger partial charge on any atom is 0.0945 e. The maximum atomic E-state index is 4.07. The Kier molecular flexibility index (Phi) is 5.56. The molecule has 2 rings (SSSR count). The van der Waals surface area contributed by atoms with Crippen molar-refractivity contribution in [2.75, 3.05) is 13.1 Å². The lowest BCUT2D eigenvalue weighted by Gasteiger charge is -2.21. The summed E-state index contributed by atoms with van der Waals surface area (Å²) in [4.78, 5) is 10.6. The van der Waals surface area contributed by atoms with E-state index in [0.29, 0.717) is 0 Å². The third kappa shape index (κ3) is 4.83. The third-order valence-corrected chi connectivity index (χ3v) is 3.15. The molecule has 0 N–H and O–H groups in total. The van der Waals surface area contributed by atoms with E-state index in [2.05, 4.69) is 38.5 Å². The Morgan fingerprint density at radius 1 is 1.11 bits per heavy atom. The van der Waals surface area contributed by atoms with Crippen molar-refractivity contribution < 1.29 is 0 Å². The average molecular weight is 258 g/mol. The van der Waals surface area contributed by atoms with Crippen LogP contribution in [-0.2, 0) is 13.1 Å². The van der Waals surface area contributed by atoms with Gasteiger partial charge in [0.25, 0.3) is 0 Å². The molecule has 0 aliphatic rings. The molecule has 19 heavy (non-hydrogen) atoms. The Morgan fingerprint density at radius 3 is 2.63 bits per heavy atom. The highest BCUT2D eigenvalue weighted by Gasteiger charge is 2.04. The van der Waals surface area contributed by atoms with E-state index < -0.39 is 0 Å². The van der Waals surface area contributed by atoms with Crippen LogP contribution in [0.25, 0.3) is 0 Å². The fraction of sp³-hybridized carbons (Fsp3) is 0.467. The molecule has 0 aliphatic heterocycles. The van der Waals surface area contributed by atoms with Gasteiger partial charge in [0.15, 0.2) is 0 Å². The summed E-state index contributed by atoms with van der Waals surface area (Å²) in [7, 11) is 0. The first-order chi connectivity index (χ1) is 9.38. The average Bonchev–Trinajstić information content (AvgIpc) is 2.93. The number of imidazole rings is 1. The predicted molar refractivity (Wildman–Crippen MR) is 76.6 cm³/mol. The van der Waals surface area contributed by atoms with Crippen LogP contribution in [0.2, 0.25) is 0 Å². The molecule has 0 bridgehead atoms. The van der Waals surface area contributed by atoms with Crippen molar-refractivity contribution in [1.82, 2.24) is 19.4 Å². The Morgan fingerprint density at radius 2 is 1.95 bits per heavy atom. The summed E-state index contributed by atoms with van der Waals surface area (Å²) < 4.78 is 2.14. The standard InChI is InChI=1S/C15H22N4/c1-2-9-18(13-15-4-6-16-7-5-15)10-3-11-19-12-8-17-14-19/h4-8,12,14H,2-3,9-11,13H2,1H3. The molecule has 4 nitrogen and oxygen atoms in total. The van der Waals surface area contributed by atoms with Gasteiger partial charge in [-0.2, -0.15) is 0 Å². The number of aryl methyl sites for hydroxylation is 1. The van der Waals surface area contributed by atoms with Crippen molar-refractivity contribution in [3.8, 4) is 0 Å². The summed E-state index contributed by atoms with van der Waals surface area (Å²) in [6, 6.07) is 4.19. The van der Waals surface area contributed by atoms with Crippen LogP contribution in [0.5, 0.6) is 0 Å². The van der Waals surface area contributed by atoms with Crippen molar-refractivity contribution in [3.05, 3.63) is 48.8 Å². The number of aromatic nitrogens is 3. The molecular weight excluding hydrogens is 236 g/mol. The van der Waals surface area contributed by atoms with Crippen LogP contribution in [0.1, 0.15) is 25.3 Å². The van der Waals surface area contributed by atoms with E-state index in [1.54, 1.807) is 0 Å². The van der Waals surface area contributed by atoms with Crippen LogP contribution in [0.4, 0.5) is 0 Å². The summed E-state index contributed by atoms with van der Waals surface area (Å²) in [5.41, 5.74) is 1.34. The van der Waals surface area contributed by atoms with Gasteiger partial charge >= 0.3 is 0 Å². The van der Waals surface area contributed by atoms with Crippen LogP contribution < -0.4 is 0 Å². The normalized spacial score (nSPS) is 11.1. The molecule has 0 amide bonds. The molecule has 0 spiro atoms. The predicted octanol–water partition coefficient (Wildman–Crippen LogP) is 2.58.